The van der Waals surface area contributed by atoms with Gasteiger partial charge in [-0.25, -0.2) is 14.8 Å². The normalized spacial score (nSPS) is 20.2. The monoisotopic (exact) mass is 383 g/mol. The molecule has 27 heavy (non-hydrogen) atoms. The Balaban J connectivity index is 1.95. The molecule has 0 spiro atoms. The Morgan fingerprint density at radius 1 is 1.19 bits per heavy atom. The van der Waals surface area contributed by atoms with Crippen molar-refractivity contribution in [3.8, 4) is 11.4 Å². The summed E-state index contributed by atoms with van der Waals surface area (Å²) in [6.07, 6.45) is 0.161. The number of anilines is 1. The van der Waals surface area contributed by atoms with E-state index in [0.29, 0.717) is 28.6 Å². The first-order valence-corrected chi connectivity index (χ1v) is 9.76. The van der Waals surface area contributed by atoms with Crippen LogP contribution in [-0.4, -0.2) is 46.3 Å². The molecule has 2 unspecified atom stereocenters. The molecule has 0 radical (unpaired) electrons. The number of fused-ring (bicyclic) bond motifs is 1. The number of aromatic carboxylic acids is 1. The summed E-state index contributed by atoms with van der Waals surface area (Å²) in [5.74, 6) is 0.483. The first-order valence-electron chi connectivity index (χ1n) is 8.94. The van der Waals surface area contributed by atoms with E-state index in [9.17, 15) is 9.90 Å². The Hall–Kier alpha value is -2.51. The van der Waals surface area contributed by atoms with E-state index >= 15 is 0 Å². The summed E-state index contributed by atoms with van der Waals surface area (Å²) in [5, 5.41) is 10.4. The first kappa shape index (κ1) is 17.9. The molecule has 6 nitrogen and oxygen atoms in total. The number of thiophene rings is 1. The highest BCUT2D eigenvalue weighted by Crippen LogP contribution is 2.37. The van der Waals surface area contributed by atoms with Gasteiger partial charge in [-0.1, -0.05) is 30.3 Å². The number of carbonyl (C=O) groups is 1. The maximum absolute atomic E-state index is 11.7. The van der Waals surface area contributed by atoms with Crippen LogP contribution in [0.2, 0.25) is 0 Å². The van der Waals surface area contributed by atoms with Gasteiger partial charge in [0.05, 0.1) is 17.6 Å². The molecule has 0 amide bonds. The van der Waals surface area contributed by atoms with Crippen molar-refractivity contribution in [2.75, 3.05) is 18.0 Å². The highest BCUT2D eigenvalue weighted by Gasteiger charge is 2.28. The Morgan fingerprint density at radius 3 is 2.48 bits per heavy atom. The Labute approximate surface area is 161 Å². The quantitative estimate of drug-likeness (QED) is 0.737. The number of hydrogen-bond donors (Lipinski definition) is 1. The molecular formula is C20H21N3O3S. The highest BCUT2D eigenvalue weighted by molar-refractivity contribution is 7.20. The van der Waals surface area contributed by atoms with Gasteiger partial charge in [0, 0.05) is 18.7 Å². The minimum Gasteiger partial charge on any atom is -0.477 e. The molecule has 1 saturated heterocycles. The van der Waals surface area contributed by atoms with Crippen LogP contribution < -0.4 is 4.90 Å². The molecule has 3 heterocycles. The molecule has 7 heteroatoms. The summed E-state index contributed by atoms with van der Waals surface area (Å²) in [7, 11) is 0. The lowest BCUT2D eigenvalue weighted by atomic mass is 10.1. The summed E-state index contributed by atoms with van der Waals surface area (Å²) < 4.78 is 5.86. The van der Waals surface area contributed by atoms with Crippen LogP contribution in [0.4, 0.5) is 5.82 Å². The van der Waals surface area contributed by atoms with Crippen molar-refractivity contribution >= 4 is 33.3 Å². The number of rotatable bonds is 3. The van der Waals surface area contributed by atoms with Crippen molar-refractivity contribution in [3.63, 3.8) is 0 Å². The summed E-state index contributed by atoms with van der Waals surface area (Å²) in [4.78, 5) is 24.4. The molecule has 1 N–H and O–H groups in total. The van der Waals surface area contributed by atoms with Crippen LogP contribution in [0, 0.1) is 6.92 Å². The second-order valence-electron chi connectivity index (χ2n) is 6.94. The van der Waals surface area contributed by atoms with E-state index in [1.165, 1.54) is 11.3 Å². The minimum atomic E-state index is -0.925. The minimum absolute atomic E-state index is 0.0804. The highest BCUT2D eigenvalue weighted by atomic mass is 32.1. The molecular weight excluding hydrogens is 362 g/mol. The average molecular weight is 383 g/mol. The number of hydrogen-bond acceptors (Lipinski definition) is 6. The van der Waals surface area contributed by atoms with Crippen LogP contribution in [-0.2, 0) is 4.74 Å². The van der Waals surface area contributed by atoms with Gasteiger partial charge in [-0.15, -0.1) is 11.3 Å². The molecule has 1 fully saturated rings. The number of nitrogens with zero attached hydrogens (tertiary/aromatic N) is 3. The number of ether oxygens (including phenoxy) is 1. The van der Waals surface area contributed by atoms with Gasteiger partial charge in [0.1, 0.15) is 15.5 Å². The Kier molecular flexibility index (Phi) is 4.57. The number of morpholine rings is 1. The molecule has 0 saturated carbocycles. The maximum Gasteiger partial charge on any atom is 0.346 e. The van der Waals surface area contributed by atoms with Crippen molar-refractivity contribution in [1.82, 2.24) is 9.97 Å². The predicted molar refractivity (Wildman–Crippen MR) is 107 cm³/mol. The average Bonchev–Trinajstić information content (AvgIpc) is 2.98. The molecule has 2 aromatic heterocycles. The second-order valence-corrected chi connectivity index (χ2v) is 7.94. The maximum atomic E-state index is 11.7. The SMILES string of the molecule is Cc1c(C(=O)O)sc2nc(-c3ccccc3)nc(N3CC(C)OC(C)C3)c12. The van der Waals surface area contributed by atoms with Gasteiger partial charge in [0.15, 0.2) is 5.82 Å². The van der Waals surface area contributed by atoms with E-state index in [4.69, 9.17) is 9.72 Å². The van der Waals surface area contributed by atoms with E-state index in [2.05, 4.69) is 9.88 Å². The zero-order valence-corrected chi connectivity index (χ0v) is 16.3. The molecule has 1 aliphatic heterocycles. The molecule has 1 aromatic carbocycles. The lowest BCUT2D eigenvalue weighted by molar-refractivity contribution is -0.00537. The van der Waals surface area contributed by atoms with Gasteiger partial charge in [-0.05, 0) is 26.3 Å². The lowest BCUT2D eigenvalue weighted by Gasteiger charge is -2.36. The molecule has 0 bridgehead atoms. The zero-order chi connectivity index (χ0) is 19.1. The van der Waals surface area contributed by atoms with Gasteiger partial charge < -0.3 is 14.7 Å². The number of aromatic nitrogens is 2. The van der Waals surface area contributed by atoms with Crippen molar-refractivity contribution in [2.45, 2.75) is 33.0 Å². The lowest BCUT2D eigenvalue weighted by Crippen LogP contribution is -2.46. The predicted octanol–water partition coefficient (Wildman–Crippen LogP) is 3.98. The smallest absolute Gasteiger partial charge is 0.346 e. The number of aryl methyl sites for hydroxylation is 1. The third kappa shape index (κ3) is 3.28. The molecule has 3 aromatic rings. The van der Waals surface area contributed by atoms with Crippen LogP contribution >= 0.6 is 11.3 Å². The number of carboxylic acid groups (broad SMARTS) is 1. The van der Waals surface area contributed by atoms with Crippen LogP contribution in [0.3, 0.4) is 0 Å². The second kappa shape index (κ2) is 6.90. The Morgan fingerprint density at radius 2 is 1.85 bits per heavy atom. The fourth-order valence-corrected chi connectivity index (χ4v) is 4.63. The number of benzene rings is 1. The molecule has 4 rings (SSSR count). The first-order chi connectivity index (χ1) is 12.9. The van der Waals surface area contributed by atoms with Gasteiger partial charge >= 0.3 is 5.97 Å². The fourth-order valence-electron chi connectivity index (χ4n) is 3.62. The topological polar surface area (TPSA) is 75.5 Å². The summed E-state index contributed by atoms with van der Waals surface area (Å²) in [6, 6.07) is 9.78. The van der Waals surface area contributed by atoms with Crippen molar-refractivity contribution in [3.05, 3.63) is 40.8 Å². The van der Waals surface area contributed by atoms with E-state index < -0.39 is 5.97 Å². The third-order valence-electron chi connectivity index (χ3n) is 4.72. The third-order valence-corrected chi connectivity index (χ3v) is 5.89. The van der Waals surface area contributed by atoms with E-state index in [-0.39, 0.29) is 12.2 Å². The van der Waals surface area contributed by atoms with Crippen molar-refractivity contribution in [1.29, 1.82) is 0 Å². The summed E-state index contributed by atoms with van der Waals surface area (Å²) in [6.45, 7) is 7.35. The molecule has 0 aliphatic carbocycles. The standard InChI is InChI=1S/C20H21N3O3S/c1-11-9-23(10-12(2)26-11)18-15-13(3)16(20(24)25)27-19(15)22-17(21-18)14-7-5-4-6-8-14/h4-8,11-12H,9-10H2,1-3H3,(H,24,25). The van der Waals surface area contributed by atoms with Gasteiger partial charge in [-0.2, -0.15) is 0 Å². The molecule has 1 aliphatic rings. The largest absolute Gasteiger partial charge is 0.477 e. The van der Waals surface area contributed by atoms with E-state index in [1.54, 1.807) is 0 Å². The van der Waals surface area contributed by atoms with Gasteiger partial charge in [0.25, 0.3) is 0 Å². The molecule has 2 atom stereocenters. The fraction of sp³-hybridized carbons (Fsp3) is 0.350. The van der Waals surface area contributed by atoms with Crippen LogP contribution in [0.1, 0.15) is 29.1 Å². The Bertz CT molecular complexity index is 993. The van der Waals surface area contributed by atoms with E-state index in [1.807, 2.05) is 51.1 Å². The van der Waals surface area contributed by atoms with Crippen LogP contribution in [0.15, 0.2) is 30.3 Å². The number of carboxylic acids is 1. The van der Waals surface area contributed by atoms with Gasteiger partial charge in [-0.3, -0.25) is 0 Å². The molecule has 140 valence electrons. The van der Waals surface area contributed by atoms with Crippen molar-refractivity contribution in [2.24, 2.45) is 0 Å². The van der Waals surface area contributed by atoms with Crippen LogP contribution in [0.25, 0.3) is 21.6 Å². The zero-order valence-electron chi connectivity index (χ0n) is 15.5. The van der Waals surface area contributed by atoms with Crippen LogP contribution in [0.5, 0.6) is 0 Å². The summed E-state index contributed by atoms with van der Waals surface area (Å²) >= 11 is 1.21. The van der Waals surface area contributed by atoms with E-state index in [0.717, 1.165) is 22.3 Å². The van der Waals surface area contributed by atoms with Crippen molar-refractivity contribution < 1.29 is 14.6 Å². The van der Waals surface area contributed by atoms with Gasteiger partial charge in [0.2, 0.25) is 0 Å². The summed E-state index contributed by atoms with van der Waals surface area (Å²) in [5.41, 5.74) is 1.64.